The second kappa shape index (κ2) is 5.12. The summed E-state index contributed by atoms with van der Waals surface area (Å²) in [6.07, 6.45) is 0. The Morgan fingerprint density at radius 2 is 2.43 bits per heavy atom. The summed E-state index contributed by atoms with van der Waals surface area (Å²) in [6.45, 7) is 3.15. The monoisotopic (exact) mass is 213 g/mol. The van der Waals surface area contributed by atoms with Crippen molar-refractivity contribution in [2.75, 3.05) is 13.6 Å². The van der Waals surface area contributed by atoms with Gasteiger partial charge >= 0.3 is 5.97 Å². The lowest BCUT2D eigenvalue weighted by molar-refractivity contribution is -0.141. The van der Waals surface area contributed by atoms with Crippen LogP contribution in [0.4, 0.5) is 0 Å². The van der Waals surface area contributed by atoms with Crippen molar-refractivity contribution < 1.29 is 9.90 Å². The molecule has 0 saturated carbocycles. The van der Waals surface area contributed by atoms with Gasteiger partial charge in [0.05, 0.1) is 5.92 Å². The fraction of sp³-hybridized carbons (Fsp3) is 0.500. The third-order valence-corrected chi connectivity index (χ3v) is 2.87. The number of hydrogen-bond donors (Lipinski definition) is 1. The van der Waals surface area contributed by atoms with Crippen LogP contribution in [-0.2, 0) is 11.3 Å². The predicted molar refractivity (Wildman–Crippen MR) is 57.5 cm³/mol. The van der Waals surface area contributed by atoms with Gasteiger partial charge in [0.25, 0.3) is 0 Å². The van der Waals surface area contributed by atoms with E-state index in [1.165, 1.54) is 4.88 Å². The standard InChI is InChI=1S/C10H15NO2S/c1-8(10(12)13)6-11(2)7-9-4-3-5-14-9/h3-5,8H,6-7H2,1-2H3,(H,12,13). The molecule has 0 radical (unpaired) electrons. The smallest absolute Gasteiger partial charge is 0.307 e. The van der Waals surface area contributed by atoms with E-state index in [1.54, 1.807) is 18.3 Å². The zero-order valence-corrected chi connectivity index (χ0v) is 9.25. The zero-order chi connectivity index (χ0) is 10.6. The minimum Gasteiger partial charge on any atom is -0.481 e. The predicted octanol–water partition coefficient (Wildman–Crippen LogP) is 1.90. The first-order valence-corrected chi connectivity index (χ1v) is 5.41. The molecule has 0 fully saturated rings. The Hall–Kier alpha value is -0.870. The quantitative estimate of drug-likeness (QED) is 0.812. The minimum absolute atomic E-state index is 0.306. The van der Waals surface area contributed by atoms with Crippen LogP contribution in [0.1, 0.15) is 11.8 Å². The fourth-order valence-electron chi connectivity index (χ4n) is 1.28. The molecule has 1 rings (SSSR count). The molecule has 78 valence electrons. The summed E-state index contributed by atoms with van der Waals surface area (Å²) in [7, 11) is 1.94. The van der Waals surface area contributed by atoms with Gasteiger partial charge in [-0.2, -0.15) is 0 Å². The second-order valence-corrected chi connectivity index (χ2v) is 4.55. The van der Waals surface area contributed by atoms with Crippen molar-refractivity contribution in [3.63, 3.8) is 0 Å². The van der Waals surface area contributed by atoms with Gasteiger partial charge in [-0.25, -0.2) is 0 Å². The number of carboxylic acid groups (broad SMARTS) is 1. The van der Waals surface area contributed by atoms with Crippen LogP contribution >= 0.6 is 11.3 Å². The van der Waals surface area contributed by atoms with E-state index in [0.717, 1.165) is 6.54 Å². The van der Waals surface area contributed by atoms with Crippen LogP contribution < -0.4 is 0 Å². The molecule has 0 aliphatic rings. The van der Waals surface area contributed by atoms with E-state index >= 15 is 0 Å². The van der Waals surface area contributed by atoms with Crippen LogP contribution in [0.2, 0.25) is 0 Å². The number of rotatable bonds is 5. The molecule has 0 aliphatic carbocycles. The first kappa shape index (κ1) is 11.2. The number of hydrogen-bond acceptors (Lipinski definition) is 3. The van der Waals surface area contributed by atoms with Gasteiger partial charge in [-0.15, -0.1) is 11.3 Å². The van der Waals surface area contributed by atoms with Gasteiger partial charge in [0.2, 0.25) is 0 Å². The molecule has 0 aromatic carbocycles. The normalized spacial score (nSPS) is 13.1. The highest BCUT2D eigenvalue weighted by Crippen LogP contribution is 2.11. The Morgan fingerprint density at radius 1 is 1.71 bits per heavy atom. The first-order valence-electron chi connectivity index (χ1n) is 4.53. The van der Waals surface area contributed by atoms with Crippen molar-refractivity contribution in [1.82, 2.24) is 4.90 Å². The number of carbonyl (C=O) groups is 1. The van der Waals surface area contributed by atoms with Crippen molar-refractivity contribution in [2.45, 2.75) is 13.5 Å². The van der Waals surface area contributed by atoms with Crippen LogP contribution in [0.3, 0.4) is 0 Å². The van der Waals surface area contributed by atoms with E-state index in [9.17, 15) is 4.79 Å². The van der Waals surface area contributed by atoms with E-state index in [-0.39, 0.29) is 5.92 Å². The average Bonchev–Trinajstić information content (AvgIpc) is 2.56. The first-order chi connectivity index (χ1) is 6.59. The third-order valence-electron chi connectivity index (χ3n) is 2.01. The highest BCUT2D eigenvalue weighted by Gasteiger charge is 2.13. The van der Waals surface area contributed by atoms with Gasteiger partial charge in [0.1, 0.15) is 0 Å². The summed E-state index contributed by atoms with van der Waals surface area (Å²) >= 11 is 1.70. The molecule has 1 atom stereocenters. The summed E-state index contributed by atoms with van der Waals surface area (Å²) in [4.78, 5) is 13.9. The van der Waals surface area contributed by atoms with E-state index < -0.39 is 5.97 Å². The van der Waals surface area contributed by atoms with E-state index in [0.29, 0.717) is 6.54 Å². The molecule has 4 heteroatoms. The number of carboxylic acids is 1. The molecule has 1 N–H and O–H groups in total. The number of thiophene rings is 1. The lowest BCUT2D eigenvalue weighted by Crippen LogP contribution is -2.27. The van der Waals surface area contributed by atoms with Crippen molar-refractivity contribution >= 4 is 17.3 Å². The van der Waals surface area contributed by atoms with Crippen molar-refractivity contribution in [3.8, 4) is 0 Å². The molecular weight excluding hydrogens is 198 g/mol. The molecule has 1 aromatic rings. The highest BCUT2D eigenvalue weighted by atomic mass is 32.1. The number of nitrogens with zero attached hydrogens (tertiary/aromatic N) is 1. The molecule has 0 spiro atoms. The van der Waals surface area contributed by atoms with E-state index in [2.05, 4.69) is 6.07 Å². The average molecular weight is 213 g/mol. The maximum absolute atomic E-state index is 10.6. The van der Waals surface area contributed by atoms with Crippen molar-refractivity contribution in [1.29, 1.82) is 0 Å². The molecule has 1 aromatic heterocycles. The molecule has 3 nitrogen and oxygen atoms in total. The maximum Gasteiger partial charge on any atom is 0.307 e. The van der Waals surface area contributed by atoms with Gasteiger partial charge in [0, 0.05) is 18.0 Å². The summed E-state index contributed by atoms with van der Waals surface area (Å²) in [6, 6.07) is 4.07. The van der Waals surface area contributed by atoms with Gasteiger partial charge in [-0.05, 0) is 18.5 Å². The van der Waals surface area contributed by atoms with Crippen LogP contribution in [0, 0.1) is 5.92 Å². The summed E-state index contributed by atoms with van der Waals surface area (Å²) in [5, 5.41) is 10.8. The third kappa shape index (κ3) is 3.47. The second-order valence-electron chi connectivity index (χ2n) is 3.52. The Labute approximate surface area is 88.0 Å². The van der Waals surface area contributed by atoms with Gasteiger partial charge in [0.15, 0.2) is 0 Å². The Morgan fingerprint density at radius 3 is 2.93 bits per heavy atom. The Bertz CT molecular complexity index is 284. The lowest BCUT2D eigenvalue weighted by atomic mass is 10.2. The zero-order valence-electron chi connectivity index (χ0n) is 8.43. The van der Waals surface area contributed by atoms with Crippen LogP contribution in [0.15, 0.2) is 17.5 Å². The summed E-state index contributed by atoms with van der Waals surface area (Å²) in [5.41, 5.74) is 0. The number of aliphatic carboxylic acids is 1. The topological polar surface area (TPSA) is 40.5 Å². The SMILES string of the molecule is CC(CN(C)Cc1cccs1)C(=O)O. The fourth-order valence-corrected chi connectivity index (χ4v) is 2.06. The summed E-state index contributed by atoms with van der Waals surface area (Å²) in [5.74, 6) is -1.04. The molecule has 0 bridgehead atoms. The molecule has 0 aliphatic heterocycles. The molecule has 0 amide bonds. The largest absolute Gasteiger partial charge is 0.481 e. The van der Waals surface area contributed by atoms with Gasteiger partial charge in [-0.1, -0.05) is 13.0 Å². The van der Waals surface area contributed by atoms with Crippen LogP contribution in [0.25, 0.3) is 0 Å². The lowest BCUT2D eigenvalue weighted by Gasteiger charge is -2.17. The molecule has 1 unspecified atom stereocenters. The van der Waals surface area contributed by atoms with Crippen LogP contribution in [-0.4, -0.2) is 29.6 Å². The van der Waals surface area contributed by atoms with Gasteiger partial charge in [-0.3, -0.25) is 4.79 Å². The Kier molecular flexibility index (Phi) is 4.10. The molecular formula is C10H15NO2S. The highest BCUT2D eigenvalue weighted by molar-refractivity contribution is 7.09. The van der Waals surface area contributed by atoms with E-state index in [4.69, 9.17) is 5.11 Å². The van der Waals surface area contributed by atoms with Crippen molar-refractivity contribution in [3.05, 3.63) is 22.4 Å². The summed E-state index contributed by atoms with van der Waals surface area (Å²) < 4.78 is 0. The Balaban J connectivity index is 2.36. The van der Waals surface area contributed by atoms with E-state index in [1.807, 2.05) is 23.4 Å². The molecule has 0 saturated heterocycles. The van der Waals surface area contributed by atoms with Crippen LogP contribution in [0.5, 0.6) is 0 Å². The minimum atomic E-state index is -0.733. The van der Waals surface area contributed by atoms with Gasteiger partial charge < -0.3 is 10.0 Å². The molecule has 14 heavy (non-hydrogen) atoms. The maximum atomic E-state index is 10.6. The van der Waals surface area contributed by atoms with Crippen molar-refractivity contribution in [2.24, 2.45) is 5.92 Å². The molecule has 1 heterocycles.